The topological polar surface area (TPSA) is 76.4 Å². The van der Waals surface area contributed by atoms with Gasteiger partial charge in [-0.1, -0.05) is 13.0 Å². The summed E-state index contributed by atoms with van der Waals surface area (Å²) in [5, 5.41) is 21.0. The minimum atomic E-state index is -0.829. The Kier molecular flexibility index (Phi) is 4.76. The fourth-order valence-electron chi connectivity index (χ4n) is 2.65. The third kappa shape index (κ3) is 3.50. The van der Waals surface area contributed by atoms with Crippen molar-refractivity contribution < 1.29 is 14.3 Å². The quantitative estimate of drug-likeness (QED) is 0.839. The summed E-state index contributed by atoms with van der Waals surface area (Å²) in [5.41, 5.74) is 0.529. The Balaban J connectivity index is 1.93. The number of anilines is 1. The van der Waals surface area contributed by atoms with Crippen LogP contribution in [-0.4, -0.2) is 41.1 Å². The van der Waals surface area contributed by atoms with E-state index in [9.17, 15) is 9.18 Å². The molecule has 5 nitrogen and oxygen atoms in total. The summed E-state index contributed by atoms with van der Waals surface area (Å²) in [6.07, 6.45) is 1.59. The molecule has 0 aromatic heterocycles. The van der Waals surface area contributed by atoms with E-state index in [-0.39, 0.29) is 24.2 Å². The van der Waals surface area contributed by atoms with Gasteiger partial charge in [0.1, 0.15) is 17.4 Å². The predicted octanol–water partition coefficient (Wildman–Crippen LogP) is 2.05. The van der Waals surface area contributed by atoms with E-state index >= 15 is 0 Å². The maximum Gasteiger partial charge on any atom is 0.317 e. The van der Waals surface area contributed by atoms with E-state index in [4.69, 9.17) is 10.4 Å². The molecule has 0 amide bonds. The summed E-state index contributed by atoms with van der Waals surface area (Å²) >= 11 is 0. The smallest absolute Gasteiger partial charge is 0.317 e. The number of likely N-dealkylation sites (N-methyl/N-ethyl adjacent to an activating group) is 1. The summed E-state index contributed by atoms with van der Waals surface area (Å²) in [6, 6.07) is 6.75. The third-order valence-corrected chi connectivity index (χ3v) is 3.86. The lowest BCUT2D eigenvalue weighted by Crippen LogP contribution is -2.51. The molecule has 1 saturated carbocycles. The molecule has 1 fully saturated rings. The number of hydrogen-bond donors (Lipinski definition) is 2. The zero-order valence-corrected chi connectivity index (χ0v) is 11.8. The van der Waals surface area contributed by atoms with E-state index < -0.39 is 11.8 Å². The molecule has 0 radical (unpaired) electrons. The van der Waals surface area contributed by atoms with Crippen LogP contribution in [0.1, 0.15) is 25.3 Å². The lowest BCUT2D eigenvalue weighted by atomic mass is 9.85. The number of rotatable bonds is 6. The number of carbonyl (C=O) groups is 1. The summed E-state index contributed by atoms with van der Waals surface area (Å²) in [4.78, 5) is 12.7. The molecular weight excluding hydrogens is 273 g/mol. The minimum Gasteiger partial charge on any atom is -0.480 e. The predicted molar refractivity (Wildman–Crippen MR) is 76.4 cm³/mol. The number of carboxylic acid groups (broad SMARTS) is 1. The molecule has 21 heavy (non-hydrogen) atoms. The van der Waals surface area contributed by atoms with E-state index in [2.05, 4.69) is 5.32 Å². The number of nitriles is 1. The number of nitrogens with one attached hydrogen (secondary N) is 1. The van der Waals surface area contributed by atoms with Gasteiger partial charge in [0.15, 0.2) is 0 Å². The van der Waals surface area contributed by atoms with Crippen LogP contribution in [0.4, 0.5) is 10.1 Å². The van der Waals surface area contributed by atoms with Crippen molar-refractivity contribution in [3.05, 3.63) is 29.6 Å². The Morgan fingerprint density at radius 3 is 2.86 bits per heavy atom. The molecule has 0 spiro atoms. The van der Waals surface area contributed by atoms with Gasteiger partial charge in [-0.15, -0.1) is 0 Å². The van der Waals surface area contributed by atoms with Crippen molar-refractivity contribution in [1.29, 1.82) is 5.26 Å². The Bertz CT molecular complexity index is 565. The van der Waals surface area contributed by atoms with Crippen molar-refractivity contribution in [1.82, 2.24) is 4.90 Å². The summed E-state index contributed by atoms with van der Waals surface area (Å²) in [6.45, 7) is 2.66. The van der Waals surface area contributed by atoms with Gasteiger partial charge in [-0.2, -0.15) is 5.26 Å². The molecule has 1 aromatic carbocycles. The van der Waals surface area contributed by atoms with Gasteiger partial charge in [-0.25, -0.2) is 4.39 Å². The molecule has 1 aromatic rings. The third-order valence-electron chi connectivity index (χ3n) is 3.86. The maximum atomic E-state index is 13.5. The lowest BCUT2D eigenvalue weighted by Gasteiger charge is -2.42. The molecule has 0 unspecified atom stereocenters. The minimum absolute atomic E-state index is 0.0267. The normalized spacial score (nSPS) is 20.7. The highest BCUT2D eigenvalue weighted by molar-refractivity contribution is 5.69. The SMILES string of the molecule is CCN(CC(=O)O)C1CC(Nc2cccc(F)c2C#N)C1. The molecule has 0 atom stereocenters. The number of benzene rings is 1. The van der Waals surface area contributed by atoms with Crippen LogP contribution in [0.2, 0.25) is 0 Å². The van der Waals surface area contributed by atoms with E-state index in [0.29, 0.717) is 12.2 Å². The second kappa shape index (κ2) is 6.55. The highest BCUT2D eigenvalue weighted by atomic mass is 19.1. The molecule has 6 heteroatoms. The van der Waals surface area contributed by atoms with Crippen LogP contribution in [-0.2, 0) is 4.79 Å². The molecule has 0 bridgehead atoms. The monoisotopic (exact) mass is 291 g/mol. The molecule has 112 valence electrons. The number of halogens is 1. The average Bonchev–Trinajstić information content (AvgIpc) is 2.40. The van der Waals surface area contributed by atoms with Crippen molar-refractivity contribution in [2.75, 3.05) is 18.4 Å². The first kappa shape index (κ1) is 15.3. The molecular formula is C15H18FN3O2. The van der Waals surface area contributed by atoms with Gasteiger partial charge in [0, 0.05) is 12.1 Å². The number of aliphatic carboxylic acids is 1. The molecule has 2 rings (SSSR count). The Labute approximate surface area is 123 Å². The van der Waals surface area contributed by atoms with Crippen molar-refractivity contribution in [2.24, 2.45) is 0 Å². The molecule has 0 heterocycles. The van der Waals surface area contributed by atoms with Crippen LogP contribution in [0.25, 0.3) is 0 Å². The van der Waals surface area contributed by atoms with Crippen molar-refractivity contribution in [3.8, 4) is 6.07 Å². The first-order chi connectivity index (χ1) is 10.0. The van der Waals surface area contributed by atoms with Gasteiger partial charge in [0.2, 0.25) is 0 Å². The standard InChI is InChI=1S/C15H18FN3O2/c1-2-19(9-15(20)21)11-6-10(7-11)18-14-5-3-4-13(16)12(14)8-17/h3-5,10-11,18H,2,6-7,9H2,1H3,(H,20,21). The van der Waals surface area contributed by atoms with Crippen LogP contribution in [0.15, 0.2) is 18.2 Å². The second-order valence-corrected chi connectivity index (χ2v) is 5.20. The number of carboxylic acids is 1. The van der Waals surface area contributed by atoms with Crippen molar-refractivity contribution in [2.45, 2.75) is 31.8 Å². The highest BCUT2D eigenvalue weighted by Gasteiger charge is 2.34. The van der Waals surface area contributed by atoms with Crippen molar-refractivity contribution >= 4 is 11.7 Å². The number of hydrogen-bond acceptors (Lipinski definition) is 4. The average molecular weight is 291 g/mol. The van der Waals surface area contributed by atoms with E-state index in [1.807, 2.05) is 17.9 Å². The Morgan fingerprint density at radius 1 is 1.57 bits per heavy atom. The largest absolute Gasteiger partial charge is 0.480 e. The van der Waals surface area contributed by atoms with Crippen LogP contribution in [0.5, 0.6) is 0 Å². The van der Waals surface area contributed by atoms with Crippen molar-refractivity contribution in [3.63, 3.8) is 0 Å². The van der Waals surface area contributed by atoms with Gasteiger partial charge in [-0.05, 0) is 31.5 Å². The van der Waals surface area contributed by atoms with E-state index in [0.717, 1.165) is 12.8 Å². The van der Waals surface area contributed by atoms with Gasteiger partial charge < -0.3 is 10.4 Å². The fraction of sp³-hybridized carbons (Fsp3) is 0.467. The first-order valence-corrected chi connectivity index (χ1v) is 6.96. The summed E-state index contributed by atoms with van der Waals surface area (Å²) in [7, 11) is 0. The molecule has 1 aliphatic carbocycles. The Morgan fingerprint density at radius 2 is 2.29 bits per heavy atom. The Hall–Kier alpha value is -2.13. The van der Waals surface area contributed by atoms with Gasteiger partial charge in [0.05, 0.1) is 12.2 Å². The van der Waals surface area contributed by atoms with Crippen LogP contribution in [0.3, 0.4) is 0 Å². The molecule has 1 aliphatic rings. The zero-order chi connectivity index (χ0) is 15.4. The van der Waals surface area contributed by atoms with Crippen LogP contribution >= 0.6 is 0 Å². The second-order valence-electron chi connectivity index (χ2n) is 5.20. The van der Waals surface area contributed by atoms with Gasteiger partial charge in [0.25, 0.3) is 0 Å². The van der Waals surface area contributed by atoms with Crippen LogP contribution < -0.4 is 5.32 Å². The van der Waals surface area contributed by atoms with E-state index in [1.165, 1.54) is 6.07 Å². The number of nitrogens with zero attached hydrogens (tertiary/aromatic N) is 2. The van der Waals surface area contributed by atoms with E-state index in [1.54, 1.807) is 12.1 Å². The molecule has 2 N–H and O–H groups in total. The maximum absolute atomic E-state index is 13.5. The van der Waals surface area contributed by atoms with Gasteiger partial charge in [-0.3, -0.25) is 9.69 Å². The fourth-order valence-corrected chi connectivity index (χ4v) is 2.65. The first-order valence-electron chi connectivity index (χ1n) is 6.96. The molecule has 0 saturated heterocycles. The zero-order valence-electron chi connectivity index (χ0n) is 11.8. The summed E-state index contributed by atoms with van der Waals surface area (Å²) < 4.78 is 13.5. The summed E-state index contributed by atoms with van der Waals surface area (Å²) in [5.74, 6) is -1.36. The van der Waals surface area contributed by atoms with Crippen LogP contribution in [0, 0.1) is 17.1 Å². The molecule has 0 aliphatic heterocycles. The highest BCUT2D eigenvalue weighted by Crippen LogP contribution is 2.30. The van der Waals surface area contributed by atoms with Gasteiger partial charge >= 0.3 is 5.97 Å². The lowest BCUT2D eigenvalue weighted by molar-refractivity contribution is -0.139.